The molecule has 0 fully saturated rings. The van der Waals surface area contributed by atoms with Crippen LogP contribution in [0.3, 0.4) is 0 Å². The van der Waals surface area contributed by atoms with E-state index in [4.69, 9.17) is 0 Å². The SMILES string of the molecule is c1ccc(-c2cccc3sc4c(-c5cc6c7cc(N(c8ccccc8)c8ccc9ccccc9c8)ccc7sc6c6ccccc56)cccc4c23)cc1. The first-order chi connectivity index (χ1) is 26.3. The smallest absolute Gasteiger partial charge is 0.0468 e. The van der Waals surface area contributed by atoms with E-state index in [1.165, 1.54) is 84.1 Å². The molecule has 0 N–H and O–H groups in total. The minimum atomic E-state index is 1.14. The largest absolute Gasteiger partial charge is 0.310 e. The van der Waals surface area contributed by atoms with Gasteiger partial charge in [-0.3, -0.25) is 0 Å². The van der Waals surface area contributed by atoms with Crippen LogP contribution in [0.25, 0.3) is 84.1 Å². The van der Waals surface area contributed by atoms with Crippen LogP contribution in [0.1, 0.15) is 0 Å². The highest BCUT2D eigenvalue weighted by atomic mass is 32.1. The van der Waals surface area contributed by atoms with Crippen LogP contribution < -0.4 is 4.90 Å². The van der Waals surface area contributed by atoms with Crippen LogP contribution in [0.15, 0.2) is 188 Å². The van der Waals surface area contributed by atoms with Crippen LogP contribution in [-0.2, 0) is 0 Å². The van der Waals surface area contributed by atoms with Gasteiger partial charge in [0.05, 0.1) is 0 Å². The molecule has 2 heterocycles. The number of anilines is 3. The van der Waals surface area contributed by atoms with Gasteiger partial charge in [-0.05, 0) is 87.4 Å². The van der Waals surface area contributed by atoms with Crippen molar-refractivity contribution in [3.05, 3.63) is 188 Å². The van der Waals surface area contributed by atoms with Crippen molar-refractivity contribution >= 4 is 102 Å². The lowest BCUT2D eigenvalue weighted by Crippen LogP contribution is -2.09. The Bertz CT molecular complexity index is 3170. The summed E-state index contributed by atoms with van der Waals surface area (Å²) in [6.07, 6.45) is 0. The molecule has 0 saturated carbocycles. The molecule has 11 rings (SSSR count). The summed E-state index contributed by atoms with van der Waals surface area (Å²) in [7, 11) is 0. The Morgan fingerprint density at radius 1 is 0.321 bits per heavy atom. The van der Waals surface area contributed by atoms with E-state index in [9.17, 15) is 0 Å². The van der Waals surface area contributed by atoms with Crippen LogP contribution in [-0.4, -0.2) is 0 Å². The van der Waals surface area contributed by atoms with Crippen molar-refractivity contribution in [3.63, 3.8) is 0 Å². The Morgan fingerprint density at radius 2 is 0.981 bits per heavy atom. The van der Waals surface area contributed by atoms with Crippen molar-refractivity contribution in [2.45, 2.75) is 0 Å². The molecule has 0 amide bonds. The van der Waals surface area contributed by atoms with Gasteiger partial charge in [-0.1, -0.05) is 133 Å². The van der Waals surface area contributed by atoms with Crippen molar-refractivity contribution in [1.29, 1.82) is 0 Å². The lowest BCUT2D eigenvalue weighted by atomic mass is 9.93. The Kier molecular flexibility index (Phi) is 6.97. The maximum Gasteiger partial charge on any atom is 0.0468 e. The van der Waals surface area contributed by atoms with E-state index in [2.05, 4.69) is 193 Å². The Morgan fingerprint density at radius 3 is 1.85 bits per heavy atom. The van der Waals surface area contributed by atoms with Crippen LogP contribution >= 0.6 is 22.7 Å². The highest BCUT2D eigenvalue weighted by Gasteiger charge is 2.20. The van der Waals surface area contributed by atoms with Crippen molar-refractivity contribution < 1.29 is 0 Å². The topological polar surface area (TPSA) is 3.24 Å². The van der Waals surface area contributed by atoms with Crippen LogP contribution in [0, 0.1) is 0 Å². The fourth-order valence-corrected chi connectivity index (χ4v) is 10.7. The average Bonchev–Trinajstić information content (AvgIpc) is 3.80. The monoisotopic (exact) mass is 709 g/mol. The number of fused-ring (bicyclic) bond motifs is 9. The quantitative estimate of drug-likeness (QED) is 0.172. The van der Waals surface area contributed by atoms with Gasteiger partial charge in [-0.15, -0.1) is 22.7 Å². The fourth-order valence-electron chi connectivity index (χ4n) is 8.21. The summed E-state index contributed by atoms with van der Waals surface area (Å²) in [5.41, 5.74) is 8.55. The predicted molar refractivity (Wildman–Crippen MR) is 233 cm³/mol. The second-order valence-corrected chi connectivity index (χ2v) is 15.8. The first-order valence-corrected chi connectivity index (χ1v) is 19.6. The molecule has 0 radical (unpaired) electrons. The van der Waals surface area contributed by atoms with Crippen molar-refractivity contribution in [2.75, 3.05) is 4.90 Å². The first kappa shape index (κ1) is 30.4. The number of rotatable bonds is 5. The lowest BCUT2D eigenvalue weighted by molar-refractivity contribution is 1.30. The van der Waals surface area contributed by atoms with Gasteiger partial charge in [0.15, 0.2) is 0 Å². The van der Waals surface area contributed by atoms with E-state index in [1.54, 1.807) is 0 Å². The third-order valence-electron chi connectivity index (χ3n) is 10.6. The molecule has 1 nitrogen and oxygen atoms in total. The molecular formula is C50H31NS2. The number of nitrogens with zero attached hydrogens (tertiary/aromatic N) is 1. The highest BCUT2D eigenvalue weighted by molar-refractivity contribution is 7.27. The molecule has 248 valence electrons. The number of para-hydroxylation sites is 1. The maximum absolute atomic E-state index is 2.47. The van der Waals surface area contributed by atoms with Crippen LogP contribution in [0.2, 0.25) is 0 Å². The van der Waals surface area contributed by atoms with Gasteiger partial charge in [0.1, 0.15) is 0 Å². The summed E-state index contributed by atoms with van der Waals surface area (Å²) in [4.78, 5) is 2.39. The van der Waals surface area contributed by atoms with E-state index in [0.717, 1.165) is 17.1 Å². The predicted octanol–water partition coefficient (Wildman–Crippen LogP) is 15.5. The molecule has 11 aromatic rings. The molecule has 0 saturated heterocycles. The van der Waals surface area contributed by atoms with Gasteiger partial charge < -0.3 is 4.90 Å². The Labute approximate surface area is 315 Å². The minimum Gasteiger partial charge on any atom is -0.310 e. The van der Waals surface area contributed by atoms with Gasteiger partial charge in [0.2, 0.25) is 0 Å². The molecule has 9 aromatic carbocycles. The second-order valence-electron chi connectivity index (χ2n) is 13.7. The normalized spacial score (nSPS) is 11.8. The molecule has 2 aromatic heterocycles. The molecule has 0 aliphatic carbocycles. The zero-order valence-corrected chi connectivity index (χ0v) is 30.3. The number of hydrogen-bond acceptors (Lipinski definition) is 3. The molecule has 53 heavy (non-hydrogen) atoms. The molecule has 0 unspecified atom stereocenters. The van der Waals surface area contributed by atoms with Crippen molar-refractivity contribution in [1.82, 2.24) is 0 Å². The molecule has 0 spiro atoms. The molecule has 3 heteroatoms. The molecular weight excluding hydrogens is 679 g/mol. The Hall–Kier alpha value is -6.26. The van der Waals surface area contributed by atoms with E-state index >= 15 is 0 Å². The first-order valence-electron chi connectivity index (χ1n) is 18.0. The third kappa shape index (κ3) is 4.89. The second kappa shape index (κ2) is 12.2. The summed E-state index contributed by atoms with van der Waals surface area (Å²) < 4.78 is 5.29. The summed E-state index contributed by atoms with van der Waals surface area (Å²) in [5.74, 6) is 0. The van der Waals surface area contributed by atoms with E-state index < -0.39 is 0 Å². The zero-order valence-electron chi connectivity index (χ0n) is 28.7. The van der Waals surface area contributed by atoms with Gasteiger partial charge in [0.25, 0.3) is 0 Å². The van der Waals surface area contributed by atoms with E-state index in [-0.39, 0.29) is 0 Å². The average molecular weight is 710 g/mol. The number of hydrogen-bond donors (Lipinski definition) is 0. The highest BCUT2D eigenvalue weighted by Crippen LogP contribution is 2.49. The zero-order chi connectivity index (χ0) is 34.9. The van der Waals surface area contributed by atoms with Crippen LogP contribution in [0.5, 0.6) is 0 Å². The van der Waals surface area contributed by atoms with Gasteiger partial charge in [-0.2, -0.15) is 0 Å². The molecule has 0 aliphatic heterocycles. The summed E-state index contributed by atoms with van der Waals surface area (Å²) in [6.45, 7) is 0. The third-order valence-corrected chi connectivity index (χ3v) is 13.0. The molecule has 0 bridgehead atoms. The fraction of sp³-hybridized carbons (Fsp3) is 0. The maximum atomic E-state index is 2.47. The van der Waals surface area contributed by atoms with Gasteiger partial charge >= 0.3 is 0 Å². The van der Waals surface area contributed by atoms with Crippen molar-refractivity contribution in [2.24, 2.45) is 0 Å². The number of benzene rings is 9. The minimum absolute atomic E-state index is 1.14. The van der Waals surface area contributed by atoms with E-state index in [0.29, 0.717) is 0 Å². The summed E-state index contributed by atoms with van der Waals surface area (Å²) in [5, 5.41) is 10.3. The summed E-state index contributed by atoms with van der Waals surface area (Å²) in [6, 6.07) is 69.0. The van der Waals surface area contributed by atoms with Gasteiger partial charge in [0, 0.05) is 68.4 Å². The standard InChI is InChI=1S/C50H31NS2/c1-3-14-33(15-4-1)38-21-12-24-47-48(38)42-23-11-22-41(49(42)53-47)43-31-45-44-30-37(27-28-46(44)52-50(45)40-20-10-9-19-39(40)43)51(35-17-5-2-6-18-35)36-26-25-32-13-7-8-16-34(32)29-36/h1-31H. The van der Waals surface area contributed by atoms with E-state index in [1.807, 2.05) is 22.7 Å². The number of thiophene rings is 2. The van der Waals surface area contributed by atoms with Crippen LogP contribution in [0.4, 0.5) is 17.1 Å². The molecule has 0 aliphatic rings. The Balaban J connectivity index is 1.15. The lowest BCUT2D eigenvalue weighted by Gasteiger charge is -2.26. The van der Waals surface area contributed by atoms with Gasteiger partial charge in [-0.25, -0.2) is 0 Å². The van der Waals surface area contributed by atoms with Crippen molar-refractivity contribution in [3.8, 4) is 22.3 Å². The molecule has 0 atom stereocenters. The summed E-state index contributed by atoms with van der Waals surface area (Å²) >= 11 is 3.81.